The summed E-state index contributed by atoms with van der Waals surface area (Å²) in [4.78, 5) is 0. The number of nitrogens with one attached hydrogen (secondary N) is 1. The molecule has 1 fully saturated rings. The van der Waals surface area contributed by atoms with Crippen molar-refractivity contribution in [1.29, 1.82) is 0 Å². The SMILES string of the molecule is CCOC(CCNCCC1CCCCO1)OCC. The molecule has 1 saturated heterocycles. The van der Waals surface area contributed by atoms with Crippen LogP contribution in [0.1, 0.15) is 46.0 Å². The first-order valence-corrected chi connectivity index (χ1v) is 7.42. The van der Waals surface area contributed by atoms with Crippen LogP contribution < -0.4 is 5.32 Å². The summed E-state index contributed by atoms with van der Waals surface area (Å²) in [6, 6.07) is 0. The van der Waals surface area contributed by atoms with E-state index in [1.54, 1.807) is 0 Å². The van der Waals surface area contributed by atoms with Crippen LogP contribution >= 0.6 is 0 Å². The van der Waals surface area contributed by atoms with Crippen LogP contribution in [0, 0.1) is 0 Å². The number of hydrogen-bond acceptors (Lipinski definition) is 4. The van der Waals surface area contributed by atoms with Gasteiger partial charge in [-0.3, -0.25) is 0 Å². The molecule has 0 amide bonds. The van der Waals surface area contributed by atoms with E-state index in [9.17, 15) is 0 Å². The van der Waals surface area contributed by atoms with E-state index in [1.807, 2.05) is 13.8 Å². The van der Waals surface area contributed by atoms with Crippen LogP contribution in [0.15, 0.2) is 0 Å². The minimum absolute atomic E-state index is 0.0570. The Bertz CT molecular complexity index is 178. The van der Waals surface area contributed by atoms with Gasteiger partial charge in [0.15, 0.2) is 6.29 Å². The van der Waals surface area contributed by atoms with E-state index >= 15 is 0 Å². The van der Waals surface area contributed by atoms with Gasteiger partial charge in [-0.15, -0.1) is 0 Å². The molecular formula is C14H29NO3. The van der Waals surface area contributed by atoms with Gasteiger partial charge in [0.1, 0.15) is 0 Å². The van der Waals surface area contributed by atoms with Gasteiger partial charge in [-0.25, -0.2) is 0 Å². The van der Waals surface area contributed by atoms with Crippen LogP contribution in [-0.2, 0) is 14.2 Å². The highest BCUT2D eigenvalue weighted by atomic mass is 16.7. The summed E-state index contributed by atoms with van der Waals surface area (Å²) in [5.74, 6) is 0. The Hall–Kier alpha value is -0.160. The molecule has 0 aliphatic carbocycles. The van der Waals surface area contributed by atoms with E-state index in [-0.39, 0.29) is 6.29 Å². The molecule has 18 heavy (non-hydrogen) atoms. The van der Waals surface area contributed by atoms with Crippen LogP contribution in [0.5, 0.6) is 0 Å². The minimum atomic E-state index is -0.0570. The first kappa shape index (κ1) is 15.9. The zero-order valence-electron chi connectivity index (χ0n) is 12.0. The van der Waals surface area contributed by atoms with Gasteiger partial charge in [0, 0.05) is 26.2 Å². The van der Waals surface area contributed by atoms with Crippen molar-refractivity contribution >= 4 is 0 Å². The van der Waals surface area contributed by atoms with Crippen LogP contribution in [-0.4, -0.2) is 45.3 Å². The maximum atomic E-state index is 5.69. The Morgan fingerprint density at radius 2 is 1.94 bits per heavy atom. The second kappa shape index (κ2) is 10.7. The summed E-state index contributed by atoms with van der Waals surface area (Å²) < 4.78 is 16.7. The smallest absolute Gasteiger partial charge is 0.158 e. The van der Waals surface area contributed by atoms with E-state index in [2.05, 4.69) is 5.32 Å². The van der Waals surface area contributed by atoms with Gasteiger partial charge in [0.05, 0.1) is 6.10 Å². The molecule has 1 heterocycles. The van der Waals surface area contributed by atoms with Crippen LogP contribution in [0.3, 0.4) is 0 Å². The molecule has 0 saturated carbocycles. The third kappa shape index (κ3) is 7.31. The summed E-state index contributed by atoms with van der Waals surface area (Å²) in [6.45, 7) is 8.33. The van der Waals surface area contributed by atoms with Crippen LogP contribution in [0.4, 0.5) is 0 Å². The van der Waals surface area contributed by atoms with Gasteiger partial charge in [0.25, 0.3) is 0 Å². The molecule has 1 unspecified atom stereocenters. The van der Waals surface area contributed by atoms with Gasteiger partial charge < -0.3 is 19.5 Å². The van der Waals surface area contributed by atoms with Gasteiger partial charge >= 0.3 is 0 Å². The lowest BCUT2D eigenvalue weighted by Gasteiger charge is -2.22. The summed E-state index contributed by atoms with van der Waals surface area (Å²) in [5.41, 5.74) is 0. The summed E-state index contributed by atoms with van der Waals surface area (Å²) in [6.07, 6.45) is 6.22. The molecule has 4 nitrogen and oxygen atoms in total. The largest absolute Gasteiger partial charge is 0.378 e. The summed E-state index contributed by atoms with van der Waals surface area (Å²) in [5, 5.41) is 3.44. The molecule has 4 heteroatoms. The molecule has 1 rings (SSSR count). The molecule has 0 aromatic heterocycles. The quantitative estimate of drug-likeness (QED) is 0.483. The van der Waals surface area contributed by atoms with Crippen LogP contribution in [0.2, 0.25) is 0 Å². The molecule has 0 aromatic carbocycles. The Morgan fingerprint density at radius 3 is 2.56 bits per heavy atom. The molecule has 1 atom stereocenters. The van der Waals surface area contributed by atoms with E-state index in [4.69, 9.17) is 14.2 Å². The van der Waals surface area contributed by atoms with E-state index < -0.39 is 0 Å². The third-order valence-corrected chi connectivity index (χ3v) is 3.18. The molecular weight excluding hydrogens is 230 g/mol. The lowest BCUT2D eigenvalue weighted by molar-refractivity contribution is -0.138. The standard InChI is InChI=1S/C14H29NO3/c1-3-16-14(17-4-2)9-11-15-10-8-13-7-5-6-12-18-13/h13-15H,3-12H2,1-2H3. The fourth-order valence-corrected chi connectivity index (χ4v) is 2.23. The maximum Gasteiger partial charge on any atom is 0.158 e. The Morgan fingerprint density at radius 1 is 1.17 bits per heavy atom. The second-order valence-electron chi connectivity index (χ2n) is 4.66. The third-order valence-electron chi connectivity index (χ3n) is 3.18. The number of ether oxygens (including phenoxy) is 3. The molecule has 0 bridgehead atoms. The van der Waals surface area contributed by atoms with E-state index in [0.29, 0.717) is 19.3 Å². The molecule has 1 aliphatic rings. The van der Waals surface area contributed by atoms with Gasteiger partial charge in [0.2, 0.25) is 0 Å². The van der Waals surface area contributed by atoms with E-state index in [0.717, 1.165) is 32.5 Å². The predicted octanol–water partition coefficient (Wildman–Crippen LogP) is 2.32. The molecule has 0 spiro atoms. The lowest BCUT2D eigenvalue weighted by atomic mass is 10.1. The van der Waals surface area contributed by atoms with Crippen molar-refractivity contribution in [3.8, 4) is 0 Å². The second-order valence-corrected chi connectivity index (χ2v) is 4.66. The van der Waals surface area contributed by atoms with Crippen molar-refractivity contribution in [2.75, 3.05) is 32.9 Å². The Kier molecular flexibility index (Phi) is 9.48. The Labute approximate surface area is 111 Å². The summed E-state index contributed by atoms with van der Waals surface area (Å²) in [7, 11) is 0. The van der Waals surface area contributed by atoms with Crippen LogP contribution in [0.25, 0.3) is 0 Å². The lowest BCUT2D eigenvalue weighted by Crippen LogP contribution is -2.28. The molecule has 108 valence electrons. The first-order valence-electron chi connectivity index (χ1n) is 7.42. The fraction of sp³-hybridized carbons (Fsp3) is 1.00. The molecule has 0 aromatic rings. The van der Waals surface area contributed by atoms with Crippen molar-refractivity contribution in [1.82, 2.24) is 5.32 Å². The Balaban J connectivity index is 1.95. The minimum Gasteiger partial charge on any atom is -0.378 e. The monoisotopic (exact) mass is 259 g/mol. The van der Waals surface area contributed by atoms with Gasteiger partial charge in [-0.2, -0.15) is 0 Å². The van der Waals surface area contributed by atoms with Crippen molar-refractivity contribution < 1.29 is 14.2 Å². The zero-order chi connectivity index (χ0) is 13.1. The average molecular weight is 259 g/mol. The molecule has 1 aliphatic heterocycles. The molecule has 1 N–H and O–H groups in total. The highest BCUT2D eigenvalue weighted by Crippen LogP contribution is 2.14. The normalized spacial score (nSPS) is 20.5. The fourth-order valence-electron chi connectivity index (χ4n) is 2.23. The topological polar surface area (TPSA) is 39.7 Å². The van der Waals surface area contributed by atoms with Gasteiger partial charge in [-0.05, 0) is 52.6 Å². The van der Waals surface area contributed by atoms with Crippen molar-refractivity contribution in [3.63, 3.8) is 0 Å². The van der Waals surface area contributed by atoms with Crippen molar-refractivity contribution in [2.45, 2.75) is 58.3 Å². The average Bonchev–Trinajstić information content (AvgIpc) is 2.40. The first-order chi connectivity index (χ1) is 8.86. The van der Waals surface area contributed by atoms with Crippen molar-refractivity contribution in [3.05, 3.63) is 0 Å². The van der Waals surface area contributed by atoms with Gasteiger partial charge in [-0.1, -0.05) is 0 Å². The summed E-state index contributed by atoms with van der Waals surface area (Å²) >= 11 is 0. The predicted molar refractivity (Wildman–Crippen MR) is 72.7 cm³/mol. The van der Waals surface area contributed by atoms with E-state index in [1.165, 1.54) is 19.3 Å². The van der Waals surface area contributed by atoms with Crippen molar-refractivity contribution in [2.24, 2.45) is 0 Å². The zero-order valence-corrected chi connectivity index (χ0v) is 12.0. The highest BCUT2D eigenvalue weighted by molar-refractivity contribution is 4.65. The number of rotatable bonds is 10. The highest BCUT2D eigenvalue weighted by Gasteiger charge is 2.13. The number of hydrogen-bond donors (Lipinski definition) is 1. The maximum absolute atomic E-state index is 5.69. The molecule has 0 radical (unpaired) electrons.